The second-order valence-electron chi connectivity index (χ2n) is 3.92. The molecule has 2 aromatic carbocycles. The highest BCUT2D eigenvalue weighted by Crippen LogP contribution is 2.28. The summed E-state index contributed by atoms with van der Waals surface area (Å²) in [6, 6.07) is 19.3. The molecule has 2 rings (SSSR count). The smallest absolute Gasteiger partial charge is 0.0175 e. The molecule has 1 atom stereocenters. The monoisotopic (exact) mass is 274 g/mol. The highest BCUT2D eigenvalue weighted by atomic mass is 79.9. The molecule has 16 heavy (non-hydrogen) atoms. The molecule has 0 saturated carbocycles. The Balaban J connectivity index is 2.33. The normalized spacial score (nSPS) is 12.4. The summed E-state index contributed by atoms with van der Waals surface area (Å²) in [7, 11) is 0. The minimum absolute atomic E-state index is 0.509. The van der Waals surface area contributed by atoms with E-state index in [4.69, 9.17) is 0 Å². The summed E-state index contributed by atoms with van der Waals surface area (Å²) in [5, 5.41) is 0. The van der Waals surface area contributed by atoms with Crippen LogP contribution >= 0.6 is 15.9 Å². The van der Waals surface area contributed by atoms with Gasteiger partial charge in [0.05, 0.1) is 0 Å². The van der Waals surface area contributed by atoms with E-state index in [0.717, 1.165) is 10.9 Å². The van der Waals surface area contributed by atoms with Crippen molar-refractivity contribution in [2.45, 2.75) is 19.3 Å². The van der Waals surface area contributed by atoms with Gasteiger partial charge in [-0.25, -0.2) is 0 Å². The molecule has 2 aromatic rings. The molecule has 0 saturated heterocycles. The molecule has 1 heteroatoms. The first-order valence-electron chi connectivity index (χ1n) is 5.61. The van der Waals surface area contributed by atoms with E-state index < -0.39 is 0 Å². The van der Waals surface area contributed by atoms with Crippen LogP contribution < -0.4 is 0 Å². The predicted molar refractivity (Wildman–Crippen MR) is 72.7 cm³/mol. The predicted octanol–water partition coefficient (Wildman–Crippen LogP) is 4.99. The second kappa shape index (κ2) is 5.31. The molecule has 0 nitrogen and oxygen atoms in total. The molecular weight excluding hydrogens is 260 g/mol. The molecule has 0 aliphatic carbocycles. The quantitative estimate of drug-likeness (QED) is 0.740. The van der Waals surface area contributed by atoms with E-state index in [9.17, 15) is 0 Å². The van der Waals surface area contributed by atoms with Gasteiger partial charge in [0.15, 0.2) is 0 Å². The minimum Gasteiger partial charge on any atom is -0.0645 e. The molecular formula is C15H15Br. The van der Waals surface area contributed by atoms with E-state index in [2.05, 4.69) is 77.5 Å². The van der Waals surface area contributed by atoms with Gasteiger partial charge in [-0.15, -0.1) is 0 Å². The maximum atomic E-state index is 3.47. The molecule has 0 unspecified atom stereocenters. The summed E-state index contributed by atoms with van der Waals surface area (Å²) in [6.07, 6.45) is 1.13. The molecule has 0 fully saturated rings. The van der Waals surface area contributed by atoms with Crippen molar-refractivity contribution in [1.29, 1.82) is 0 Å². The zero-order valence-corrected chi connectivity index (χ0v) is 10.9. The van der Waals surface area contributed by atoms with Crippen LogP contribution in [0.2, 0.25) is 0 Å². The van der Waals surface area contributed by atoms with E-state index in [1.807, 2.05) is 0 Å². The number of benzene rings is 2. The summed E-state index contributed by atoms with van der Waals surface area (Å²) in [6.45, 7) is 2.24. The first kappa shape index (κ1) is 11.4. The van der Waals surface area contributed by atoms with Crippen molar-refractivity contribution in [2.75, 3.05) is 0 Å². The van der Waals surface area contributed by atoms with Crippen LogP contribution in [-0.2, 0) is 0 Å². The van der Waals surface area contributed by atoms with E-state index in [-0.39, 0.29) is 0 Å². The van der Waals surface area contributed by atoms with Crippen molar-refractivity contribution in [3.05, 3.63) is 70.2 Å². The molecule has 0 bridgehead atoms. The van der Waals surface area contributed by atoms with Crippen LogP contribution in [0.3, 0.4) is 0 Å². The van der Waals surface area contributed by atoms with E-state index >= 15 is 0 Å². The Bertz CT molecular complexity index is 431. The van der Waals surface area contributed by atoms with Crippen molar-refractivity contribution in [1.82, 2.24) is 0 Å². The Morgan fingerprint density at radius 2 is 1.44 bits per heavy atom. The highest BCUT2D eigenvalue weighted by Gasteiger charge is 2.10. The summed E-state index contributed by atoms with van der Waals surface area (Å²) in [5.41, 5.74) is 2.78. The maximum Gasteiger partial charge on any atom is 0.0175 e. The third-order valence-corrected chi connectivity index (χ3v) is 3.41. The van der Waals surface area contributed by atoms with Gasteiger partial charge in [0, 0.05) is 10.4 Å². The number of hydrogen-bond donors (Lipinski definition) is 0. The Labute approximate surface area is 105 Å². The third-order valence-electron chi connectivity index (χ3n) is 2.88. The Kier molecular flexibility index (Phi) is 3.79. The van der Waals surface area contributed by atoms with Crippen molar-refractivity contribution in [3.8, 4) is 0 Å². The van der Waals surface area contributed by atoms with Gasteiger partial charge in [-0.2, -0.15) is 0 Å². The first-order valence-corrected chi connectivity index (χ1v) is 6.41. The Morgan fingerprint density at radius 1 is 0.875 bits per heavy atom. The molecule has 0 heterocycles. The molecule has 82 valence electrons. The fraction of sp³-hybridized carbons (Fsp3) is 0.200. The minimum atomic E-state index is 0.509. The summed E-state index contributed by atoms with van der Waals surface area (Å²) in [4.78, 5) is 0. The van der Waals surface area contributed by atoms with Gasteiger partial charge in [-0.05, 0) is 29.7 Å². The standard InChI is InChI=1S/C15H15Br/c1-2-15(12-6-4-3-5-7-12)13-8-10-14(16)11-9-13/h3-11,15H,2H2,1H3/t15-/m0/s1. The average molecular weight is 275 g/mol. The molecule has 0 aliphatic rings. The number of hydrogen-bond acceptors (Lipinski definition) is 0. The van der Waals surface area contributed by atoms with Crippen molar-refractivity contribution in [3.63, 3.8) is 0 Å². The van der Waals surface area contributed by atoms with E-state index in [1.54, 1.807) is 0 Å². The van der Waals surface area contributed by atoms with Gasteiger partial charge < -0.3 is 0 Å². The van der Waals surface area contributed by atoms with Crippen LogP contribution in [0.1, 0.15) is 30.4 Å². The molecule has 0 radical (unpaired) electrons. The van der Waals surface area contributed by atoms with Crippen LogP contribution in [0.5, 0.6) is 0 Å². The number of rotatable bonds is 3. The average Bonchev–Trinajstić information content (AvgIpc) is 2.34. The van der Waals surface area contributed by atoms with Gasteiger partial charge in [0.1, 0.15) is 0 Å². The lowest BCUT2D eigenvalue weighted by Gasteiger charge is -2.15. The lowest BCUT2D eigenvalue weighted by molar-refractivity contribution is 0.777. The van der Waals surface area contributed by atoms with Gasteiger partial charge in [0.2, 0.25) is 0 Å². The van der Waals surface area contributed by atoms with Gasteiger partial charge in [-0.1, -0.05) is 65.3 Å². The fourth-order valence-corrected chi connectivity index (χ4v) is 2.31. The van der Waals surface area contributed by atoms with Crippen molar-refractivity contribution >= 4 is 15.9 Å². The summed E-state index contributed by atoms with van der Waals surface area (Å²) in [5.74, 6) is 0.509. The lowest BCUT2D eigenvalue weighted by Crippen LogP contribution is -1.98. The fourth-order valence-electron chi connectivity index (χ4n) is 2.04. The zero-order chi connectivity index (χ0) is 11.4. The first-order chi connectivity index (χ1) is 7.81. The van der Waals surface area contributed by atoms with Crippen LogP contribution in [0.15, 0.2) is 59.1 Å². The molecule has 0 spiro atoms. The van der Waals surface area contributed by atoms with Gasteiger partial charge in [-0.3, -0.25) is 0 Å². The lowest BCUT2D eigenvalue weighted by atomic mass is 9.89. The number of halogens is 1. The SMILES string of the molecule is CC[C@@H](c1ccccc1)c1ccc(Br)cc1. The topological polar surface area (TPSA) is 0 Å². The van der Waals surface area contributed by atoms with Gasteiger partial charge >= 0.3 is 0 Å². The van der Waals surface area contributed by atoms with Crippen LogP contribution in [0, 0.1) is 0 Å². The van der Waals surface area contributed by atoms with Crippen LogP contribution in [-0.4, -0.2) is 0 Å². The van der Waals surface area contributed by atoms with Crippen molar-refractivity contribution < 1.29 is 0 Å². The van der Waals surface area contributed by atoms with Gasteiger partial charge in [0.25, 0.3) is 0 Å². The Hall–Kier alpha value is -1.08. The van der Waals surface area contributed by atoms with Crippen LogP contribution in [0.25, 0.3) is 0 Å². The van der Waals surface area contributed by atoms with Crippen molar-refractivity contribution in [2.24, 2.45) is 0 Å². The second-order valence-corrected chi connectivity index (χ2v) is 4.84. The highest BCUT2D eigenvalue weighted by molar-refractivity contribution is 9.10. The Morgan fingerprint density at radius 3 is 2.00 bits per heavy atom. The largest absolute Gasteiger partial charge is 0.0645 e. The molecule has 0 aromatic heterocycles. The van der Waals surface area contributed by atoms with E-state index in [0.29, 0.717) is 5.92 Å². The molecule has 0 aliphatic heterocycles. The molecule has 0 amide bonds. The summed E-state index contributed by atoms with van der Waals surface area (Å²) >= 11 is 3.47. The zero-order valence-electron chi connectivity index (χ0n) is 9.36. The maximum absolute atomic E-state index is 3.47. The van der Waals surface area contributed by atoms with E-state index in [1.165, 1.54) is 11.1 Å². The summed E-state index contributed by atoms with van der Waals surface area (Å²) < 4.78 is 1.14. The molecule has 0 N–H and O–H groups in total. The third kappa shape index (κ3) is 2.53. The van der Waals surface area contributed by atoms with Crippen LogP contribution in [0.4, 0.5) is 0 Å².